The van der Waals surface area contributed by atoms with Gasteiger partial charge < -0.3 is 10.3 Å². The molecule has 1 saturated carbocycles. The fourth-order valence-corrected chi connectivity index (χ4v) is 1.03. The highest BCUT2D eigenvalue weighted by molar-refractivity contribution is 5.92. The van der Waals surface area contributed by atoms with Crippen molar-refractivity contribution in [1.82, 2.24) is 15.3 Å². The van der Waals surface area contributed by atoms with Crippen molar-refractivity contribution < 1.29 is 4.79 Å². The van der Waals surface area contributed by atoms with Gasteiger partial charge in [-0.1, -0.05) is 0 Å². The lowest BCUT2D eigenvalue weighted by Crippen LogP contribution is -2.25. The Morgan fingerprint density at radius 1 is 1.75 bits per heavy atom. The molecule has 0 saturated heterocycles. The van der Waals surface area contributed by atoms with Gasteiger partial charge in [-0.15, -0.1) is 0 Å². The minimum Gasteiger partial charge on any atom is -0.348 e. The van der Waals surface area contributed by atoms with Crippen LogP contribution in [0.5, 0.6) is 0 Å². The van der Waals surface area contributed by atoms with Crippen molar-refractivity contribution in [2.24, 2.45) is 0 Å². The number of amides is 1. The molecule has 0 aromatic carbocycles. The first kappa shape index (κ1) is 7.34. The molecule has 0 bridgehead atoms. The van der Waals surface area contributed by atoms with Gasteiger partial charge in [-0.3, -0.25) is 4.79 Å². The molecule has 12 heavy (non-hydrogen) atoms. The van der Waals surface area contributed by atoms with Crippen LogP contribution in [0.1, 0.15) is 29.2 Å². The zero-order chi connectivity index (χ0) is 8.55. The Kier molecular flexibility index (Phi) is 1.60. The molecule has 1 amide bonds. The van der Waals surface area contributed by atoms with Crippen molar-refractivity contribution in [3.05, 3.63) is 17.7 Å². The van der Waals surface area contributed by atoms with Gasteiger partial charge in [-0.2, -0.15) is 0 Å². The van der Waals surface area contributed by atoms with E-state index in [0.29, 0.717) is 11.7 Å². The quantitative estimate of drug-likeness (QED) is 0.674. The van der Waals surface area contributed by atoms with E-state index in [1.165, 1.54) is 0 Å². The van der Waals surface area contributed by atoms with Crippen molar-refractivity contribution in [2.75, 3.05) is 0 Å². The molecule has 64 valence electrons. The summed E-state index contributed by atoms with van der Waals surface area (Å²) in [5.41, 5.74) is 0.555. The maximum Gasteiger partial charge on any atom is 0.269 e. The van der Waals surface area contributed by atoms with Crippen LogP contribution in [0, 0.1) is 6.92 Å². The van der Waals surface area contributed by atoms with E-state index < -0.39 is 0 Å². The number of rotatable bonds is 2. The van der Waals surface area contributed by atoms with E-state index in [4.69, 9.17) is 0 Å². The number of nitrogens with zero attached hydrogens (tertiary/aromatic N) is 1. The number of hydrogen-bond donors (Lipinski definition) is 2. The van der Waals surface area contributed by atoms with Crippen molar-refractivity contribution in [3.63, 3.8) is 0 Å². The molecule has 1 aliphatic rings. The second-order valence-corrected chi connectivity index (χ2v) is 3.13. The zero-order valence-corrected chi connectivity index (χ0v) is 6.92. The maximum absolute atomic E-state index is 11.3. The van der Waals surface area contributed by atoms with E-state index in [2.05, 4.69) is 15.3 Å². The summed E-state index contributed by atoms with van der Waals surface area (Å²) < 4.78 is 0. The Labute approximate surface area is 70.4 Å². The third kappa shape index (κ3) is 1.47. The number of nitrogens with one attached hydrogen (secondary N) is 2. The molecule has 2 rings (SSSR count). The summed E-state index contributed by atoms with van der Waals surface area (Å²) in [5.74, 6) is 0.731. The number of aryl methyl sites for hydroxylation is 1. The van der Waals surface area contributed by atoms with Crippen molar-refractivity contribution in [1.29, 1.82) is 0 Å². The Hall–Kier alpha value is -1.32. The predicted octanol–water partition coefficient (Wildman–Crippen LogP) is 0.610. The monoisotopic (exact) mass is 165 g/mol. The van der Waals surface area contributed by atoms with E-state index in [9.17, 15) is 4.79 Å². The van der Waals surface area contributed by atoms with Crippen LogP contribution in [0.3, 0.4) is 0 Å². The van der Waals surface area contributed by atoms with Crippen LogP contribution in [0.4, 0.5) is 0 Å². The van der Waals surface area contributed by atoms with Crippen molar-refractivity contribution in [2.45, 2.75) is 25.8 Å². The largest absolute Gasteiger partial charge is 0.348 e. The molecule has 1 aliphatic carbocycles. The van der Waals surface area contributed by atoms with Crippen LogP contribution < -0.4 is 5.32 Å². The third-order valence-corrected chi connectivity index (χ3v) is 1.86. The molecule has 0 atom stereocenters. The Bertz CT molecular complexity index is 301. The number of imidazole rings is 1. The molecule has 0 aliphatic heterocycles. The maximum atomic E-state index is 11.3. The van der Waals surface area contributed by atoms with Crippen LogP contribution >= 0.6 is 0 Å². The highest BCUT2D eigenvalue weighted by Crippen LogP contribution is 2.18. The number of aromatic amines is 1. The van der Waals surface area contributed by atoms with E-state index in [-0.39, 0.29) is 5.91 Å². The average Bonchev–Trinajstić information content (AvgIpc) is 2.72. The standard InChI is InChI=1S/C8H11N3O/c1-5-9-4-7(10-5)8(12)11-6-2-3-6/h4,6H,2-3H2,1H3,(H,9,10)(H,11,12). The van der Waals surface area contributed by atoms with Gasteiger partial charge in [0, 0.05) is 6.04 Å². The van der Waals surface area contributed by atoms with Gasteiger partial charge in [0.25, 0.3) is 5.91 Å². The first-order valence-electron chi connectivity index (χ1n) is 4.08. The number of aromatic nitrogens is 2. The molecule has 0 spiro atoms. The summed E-state index contributed by atoms with van der Waals surface area (Å²) in [6.45, 7) is 1.83. The fraction of sp³-hybridized carbons (Fsp3) is 0.500. The SMILES string of the molecule is Cc1ncc(C(=O)NC2CC2)[nH]1. The Morgan fingerprint density at radius 3 is 3.00 bits per heavy atom. The van der Waals surface area contributed by atoms with Gasteiger partial charge in [0.15, 0.2) is 0 Å². The first-order valence-corrected chi connectivity index (χ1v) is 4.08. The lowest BCUT2D eigenvalue weighted by atomic mass is 10.4. The summed E-state index contributed by atoms with van der Waals surface area (Å²) in [5, 5.41) is 2.87. The molecule has 1 fully saturated rings. The van der Waals surface area contributed by atoms with E-state index in [1.807, 2.05) is 6.92 Å². The van der Waals surface area contributed by atoms with Gasteiger partial charge in [-0.25, -0.2) is 4.98 Å². The Balaban J connectivity index is 2.03. The zero-order valence-electron chi connectivity index (χ0n) is 6.92. The van der Waals surface area contributed by atoms with Gasteiger partial charge >= 0.3 is 0 Å². The summed E-state index contributed by atoms with van der Waals surface area (Å²) >= 11 is 0. The average molecular weight is 165 g/mol. The second kappa shape index (κ2) is 2.62. The van der Waals surface area contributed by atoms with Crippen LogP contribution in [0.25, 0.3) is 0 Å². The number of hydrogen-bond acceptors (Lipinski definition) is 2. The molecule has 2 N–H and O–H groups in total. The molecule has 1 aromatic heterocycles. The highest BCUT2D eigenvalue weighted by Gasteiger charge is 2.24. The van der Waals surface area contributed by atoms with E-state index >= 15 is 0 Å². The van der Waals surface area contributed by atoms with Crippen LogP contribution in [-0.4, -0.2) is 21.9 Å². The van der Waals surface area contributed by atoms with Gasteiger partial charge in [-0.05, 0) is 19.8 Å². The molecule has 4 nitrogen and oxygen atoms in total. The number of H-pyrrole nitrogens is 1. The normalized spacial score (nSPS) is 16.1. The third-order valence-electron chi connectivity index (χ3n) is 1.86. The highest BCUT2D eigenvalue weighted by atomic mass is 16.2. The van der Waals surface area contributed by atoms with Crippen LogP contribution in [-0.2, 0) is 0 Å². The topological polar surface area (TPSA) is 57.8 Å². The lowest BCUT2D eigenvalue weighted by molar-refractivity contribution is 0.0946. The smallest absolute Gasteiger partial charge is 0.269 e. The fourth-order valence-electron chi connectivity index (χ4n) is 1.03. The van der Waals surface area contributed by atoms with Crippen LogP contribution in [0.2, 0.25) is 0 Å². The van der Waals surface area contributed by atoms with E-state index in [1.54, 1.807) is 6.20 Å². The van der Waals surface area contributed by atoms with E-state index in [0.717, 1.165) is 18.7 Å². The van der Waals surface area contributed by atoms with Crippen molar-refractivity contribution >= 4 is 5.91 Å². The molecular formula is C8H11N3O. The van der Waals surface area contributed by atoms with Gasteiger partial charge in [0.05, 0.1) is 6.20 Å². The minimum atomic E-state index is -0.0434. The second-order valence-electron chi connectivity index (χ2n) is 3.13. The van der Waals surface area contributed by atoms with Crippen LogP contribution in [0.15, 0.2) is 6.20 Å². The summed E-state index contributed by atoms with van der Waals surface area (Å²) in [4.78, 5) is 18.2. The van der Waals surface area contributed by atoms with Crippen molar-refractivity contribution in [3.8, 4) is 0 Å². The summed E-state index contributed by atoms with van der Waals surface area (Å²) in [6, 6.07) is 0.404. The molecular weight excluding hydrogens is 154 g/mol. The molecule has 0 unspecified atom stereocenters. The predicted molar refractivity (Wildman–Crippen MR) is 43.8 cm³/mol. The first-order chi connectivity index (χ1) is 5.75. The Morgan fingerprint density at radius 2 is 2.50 bits per heavy atom. The molecule has 1 heterocycles. The number of carbonyl (C=O) groups is 1. The molecule has 1 aromatic rings. The minimum absolute atomic E-state index is 0.0434. The lowest BCUT2D eigenvalue weighted by Gasteiger charge is -1.98. The van der Waals surface area contributed by atoms with Gasteiger partial charge in [0.1, 0.15) is 11.5 Å². The molecule has 4 heteroatoms. The number of carbonyl (C=O) groups excluding carboxylic acids is 1. The summed E-state index contributed by atoms with van der Waals surface area (Å²) in [6.07, 6.45) is 3.78. The molecule has 0 radical (unpaired) electrons. The summed E-state index contributed by atoms with van der Waals surface area (Å²) in [7, 11) is 0. The van der Waals surface area contributed by atoms with Gasteiger partial charge in [0.2, 0.25) is 0 Å².